The average Bonchev–Trinajstić information content (AvgIpc) is 2.89. The summed E-state index contributed by atoms with van der Waals surface area (Å²) in [6, 6.07) is 5.22. The fraction of sp³-hybridized carbons (Fsp3) is 0.500. The molecule has 0 spiro atoms. The molecule has 0 aromatic heterocycles. The second kappa shape index (κ2) is 4.29. The van der Waals surface area contributed by atoms with Crippen LogP contribution in [-0.4, -0.2) is 38.9 Å². The maximum Gasteiger partial charge on any atom is 0.243 e. The Hall–Kier alpha value is -0.980. The minimum atomic E-state index is -3.54. The van der Waals surface area contributed by atoms with E-state index in [1.807, 2.05) is 0 Å². The molecule has 98 valence electrons. The van der Waals surface area contributed by atoms with Crippen molar-refractivity contribution in [3.63, 3.8) is 0 Å². The molecule has 0 radical (unpaired) electrons. The highest BCUT2D eigenvalue weighted by Crippen LogP contribution is 2.30. The maximum atomic E-state index is 13.1. The third kappa shape index (κ3) is 1.94. The average molecular weight is 270 g/mol. The summed E-state index contributed by atoms with van der Waals surface area (Å²) in [5.74, 6) is 0.277. The second-order valence-electron chi connectivity index (χ2n) is 4.96. The van der Waals surface area contributed by atoms with Gasteiger partial charge in [-0.15, -0.1) is 0 Å². The number of sulfonamides is 1. The van der Waals surface area contributed by atoms with E-state index < -0.39 is 15.8 Å². The van der Waals surface area contributed by atoms with E-state index in [-0.39, 0.29) is 4.90 Å². The molecule has 0 amide bonds. The van der Waals surface area contributed by atoms with Crippen LogP contribution in [0.5, 0.6) is 0 Å². The van der Waals surface area contributed by atoms with Crippen LogP contribution in [0.25, 0.3) is 0 Å². The summed E-state index contributed by atoms with van der Waals surface area (Å²) in [7, 11) is -3.54. The van der Waals surface area contributed by atoms with Gasteiger partial charge in [0.15, 0.2) is 0 Å². The fourth-order valence-corrected chi connectivity index (χ4v) is 4.37. The zero-order valence-corrected chi connectivity index (χ0v) is 10.7. The van der Waals surface area contributed by atoms with E-state index in [9.17, 15) is 12.8 Å². The molecule has 4 nitrogen and oxygen atoms in total. The minimum Gasteiger partial charge on any atom is -0.316 e. The predicted molar refractivity (Wildman–Crippen MR) is 65.0 cm³/mol. The van der Waals surface area contributed by atoms with Gasteiger partial charge in [-0.05, 0) is 43.1 Å². The Kier molecular flexibility index (Phi) is 2.88. The first-order valence-corrected chi connectivity index (χ1v) is 7.48. The lowest BCUT2D eigenvalue weighted by molar-refractivity contribution is 0.447. The summed E-state index contributed by atoms with van der Waals surface area (Å²) < 4.78 is 39.3. The number of hydrogen-bond donors (Lipinski definition) is 1. The van der Waals surface area contributed by atoms with Crippen molar-refractivity contribution in [1.82, 2.24) is 9.62 Å². The monoisotopic (exact) mass is 270 g/mol. The summed E-state index contributed by atoms with van der Waals surface area (Å²) in [5.41, 5.74) is 0. The molecule has 1 aromatic carbocycles. The molecule has 0 aliphatic carbocycles. The lowest BCUT2D eigenvalue weighted by atomic mass is 10.0. The number of nitrogens with one attached hydrogen (secondary N) is 1. The highest BCUT2D eigenvalue weighted by atomic mass is 32.2. The summed E-state index contributed by atoms with van der Waals surface area (Å²) >= 11 is 0. The van der Waals surface area contributed by atoms with Crippen LogP contribution in [0, 0.1) is 17.7 Å². The van der Waals surface area contributed by atoms with Crippen molar-refractivity contribution in [2.24, 2.45) is 11.8 Å². The molecule has 6 heteroatoms. The van der Waals surface area contributed by atoms with Crippen molar-refractivity contribution in [2.45, 2.75) is 4.90 Å². The van der Waals surface area contributed by atoms with Crippen molar-refractivity contribution in [2.75, 3.05) is 26.2 Å². The highest BCUT2D eigenvalue weighted by molar-refractivity contribution is 7.89. The van der Waals surface area contributed by atoms with Gasteiger partial charge >= 0.3 is 0 Å². The second-order valence-corrected chi connectivity index (χ2v) is 6.90. The number of fused-ring (bicyclic) bond motifs is 1. The zero-order valence-electron chi connectivity index (χ0n) is 9.84. The van der Waals surface area contributed by atoms with Crippen molar-refractivity contribution in [3.05, 3.63) is 30.1 Å². The van der Waals surface area contributed by atoms with Gasteiger partial charge in [0, 0.05) is 13.1 Å². The Morgan fingerprint density at radius 3 is 2.50 bits per heavy atom. The summed E-state index contributed by atoms with van der Waals surface area (Å²) in [5, 5.41) is 3.26. The fourth-order valence-electron chi connectivity index (χ4n) is 2.79. The van der Waals surface area contributed by atoms with Gasteiger partial charge in [-0.1, -0.05) is 6.07 Å². The van der Waals surface area contributed by atoms with Gasteiger partial charge < -0.3 is 5.32 Å². The third-order valence-electron chi connectivity index (χ3n) is 3.79. The van der Waals surface area contributed by atoms with Crippen molar-refractivity contribution >= 4 is 10.0 Å². The van der Waals surface area contributed by atoms with Crippen molar-refractivity contribution < 1.29 is 12.8 Å². The summed E-state index contributed by atoms with van der Waals surface area (Å²) in [6.45, 7) is 2.83. The van der Waals surface area contributed by atoms with E-state index in [2.05, 4.69) is 5.32 Å². The van der Waals surface area contributed by atoms with Gasteiger partial charge in [0.2, 0.25) is 10.0 Å². The molecule has 2 aliphatic heterocycles. The normalized spacial score (nSPS) is 28.5. The Morgan fingerprint density at radius 2 is 1.89 bits per heavy atom. The van der Waals surface area contributed by atoms with Crippen molar-refractivity contribution in [3.8, 4) is 0 Å². The van der Waals surface area contributed by atoms with Gasteiger partial charge in [0.05, 0.1) is 4.90 Å². The van der Waals surface area contributed by atoms with E-state index in [4.69, 9.17) is 0 Å². The van der Waals surface area contributed by atoms with Gasteiger partial charge in [-0.2, -0.15) is 4.31 Å². The molecule has 0 bridgehead atoms. The van der Waals surface area contributed by atoms with Crippen LogP contribution in [-0.2, 0) is 10.0 Å². The zero-order chi connectivity index (χ0) is 12.8. The first-order chi connectivity index (χ1) is 8.57. The molecule has 2 fully saturated rings. The Balaban J connectivity index is 1.87. The smallest absolute Gasteiger partial charge is 0.243 e. The summed E-state index contributed by atoms with van der Waals surface area (Å²) in [4.78, 5) is 0.0513. The Morgan fingerprint density at radius 1 is 1.22 bits per heavy atom. The van der Waals surface area contributed by atoms with Crippen molar-refractivity contribution in [1.29, 1.82) is 0 Å². The molecule has 2 aliphatic rings. The van der Waals surface area contributed by atoms with Crippen LogP contribution in [0.4, 0.5) is 4.39 Å². The lowest BCUT2D eigenvalue weighted by Crippen LogP contribution is -2.32. The van der Waals surface area contributed by atoms with Crippen LogP contribution in [0.3, 0.4) is 0 Å². The minimum absolute atomic E-state index is 0.0513. The van der Waals surface area contributed by atoms with Gasteiger partial charge in [-0.3, -0.25) is 0 Å². The highest BCUT2D eigenvalue weighted by Gasteiger charge is 2.41. The molecule has 2 unspecified atom stereocenters. The van der Waals surface area contributed by atoms with Crippen LogP contribution >= 0.6 is 0 Å². The summed E-state index contributed by atoms with van der Waals surface area (Å²) in [6.07, 6.45) is 0. The molecular weight excluding hydrogens is 255 g/mol. The van der Waals surface area contributed by atoms with E-state index in [0.29, 0.717) is 24.9 Å². The molecule has 18 heavy (non-hydrogen) atoms. The Bertz CT molecular complexity index is 549. The van der Waals surface area contributed by atoms with E-state index in [1.54, 1.807) is 0 Å². The molecule has 2 atom stereocenters. The number of nitrogens with zero attached hydrogens (tertiary/aromatic N) is 1. The van der Waals surface area contributed by atoms with E-state index in [1.165, 1.54) is 22.5 Å². The number of rotatable bonds is 2. The van der Waals surface area contributed by atoms with Crippen LogP contribution < -0.4 is 5.32 Å². The van der Waals surface area contributed by atoms with Gasteiger partial charge in [0.1, 0.15) is 5.82 Å². The van der Waals surface area contributed by atoms with E-state index in [0.717, 1.165) is 19.2 Å². The molecule has 3 rings (SSSR count). The third-order valence-corrected chi connectivity index (χ3v) is 5.62. The molecular formula is C12H15FN2O2S. The molecule has 2 heterocycles. The standard InChI is InChI=1S/C12H15FN2O2S/c13-11-2-1-3-12(4-11)18(16,17)15-7-9-5-14-6-10(9)8-15/h1-4,9-10,14H,5-8H2. The molecule has 0 saturated carbocycles. The van der Waals surface area contributed by atoms with E-state index >= 15 is 0 Å². The van der Waals surface area contributed by atoms with Crippen LogP contribution in [0.2, 0.25) is 0 Å². The SMILES string of the molecule is O=S(=O)(c1cccc(F)c1)N1CC2CNCC2C1. The predicted octanol–water partition coefficient (Wildman–Crippen LogP) is 0.666. The van der Waals surface area contributed by atoms with Gasteiger partial charge in [0.25, 0.3) is 0 Å². The van der Waals surface area contributed by atoms with Crippen LogP contribution in [0.1, 0.15) is 0 Å². The number of hydrogen-bond acceptors (Lipinski definition) is 3. The molecule has 1 N–H and O–H groups in total. The maximum absolute atomic E-state index is 13.1. The molecule has 2 saturated heterocycles. The first kappa shape index (κ1) is 12.1. The Labute approximate surface area is 106 Å². The quantitative estimate of drug-likeness (QED) is 0.859. The lowest BCUT2D eigenvalue weighted by Gasteiger charge is -2.17. The number of halogens is 1. The largest absolute Gasteiger partial charge is 0.316 e. The van der Waals surface area contributed by atoms with Gasteiger partial charge in [-0.25, -0.2) is 12.8 Å². The first-order valence-electron chi connectivity index (χ1n) is 6.04. The topological polar surface area (TPSA) is 49.4 Å². The molecule has 1 aromatic rings. The number of benzene rings is 1. The van der Waals surface area contributed by atoms with Crippen LogP contribution in [0.15, 0.2) is 29.2 Å².